The van der Waals surface area contributed by atoms with E-state index in [1.807, 2.05) is 12.1 Å². The van der Waals surface area contributed by atoms with Crippen LogP contribution in [0.3, 0.4) is 0 Å². The van der Waals surface area contributed by atoms with Crippen molar-refractivity contribution in [2.24, 2.45) is 0 Å². The van der Waals surface area contributed by atoms with Crippen LogP contribution in [0.1, 0.15) is 32.1 Å². The molecular weight excluding hydrogens is 402 g/mol. The lowest BCUT2D eigenvalue weighted by Gasteiger charge is -2.28. The van der Waals surface area contributed by atoms with Crippen molar-refractivity contribution in [3.05, 3.63) is 24.3 Å². The zero-order valence-electron chi connectivity index (χ0n) is 16.9. The summed E-state index contributed by atoms with van der Waals surface area (Å²) in [7, 11) is -3.50. The number of piperidine rings is 1. The Morgan fingerprint density at radius 1 is 1.07 bits per heavy atom. The molecule has 5 rings (SSSR count). The maximum Gasteiger partial charge on any atom is 0.231 e. The van der Waals surface area contributed by atoms with E-state index in [2.05, 4.69) is 47.8 Å². The summed E-state index contributed by atoms with van der Waals surface area (Å²) in [4.78, 5) is 11.4. The molecule has 2 fully saturated rings. The van der Waals surface area contributed by atoms with Crippen LogP contribution in [0.15, 0.2) is 29.3 Å². The van der Waals surface area contributed by atoms with Gasteiger partial charge >= 0.3 is 0 Å². The van der Waals surface area contributed by atoms with Crippen LogP contribution in [0.25, 0.3) is 11.0 Å². The molecule has 3 N–H and O–H groups in total. The fraction of sp³-hybridized carbons (Fsp3) is 0.450. The number of hydrogen-bond acceptors (Lipinski definition) is 8. The highest BCUT2D eigenvalue weighted by Gasteiger charge is 2.27. The van der Waals surface area contributed by atoms with Gasteiger partial charge in [0.25, 0.3) is 0 Å². The zero-order chi connectivity index (χ0) is 20.7. The number of aromatic nitrogens is 4. The van der Waals surface area contributed by atoms with E-state index in [-0.39, 0.29) is 5.03 Å². The molecule has 30 heavy (non-hydrogen) atoms. The Balaban J connectivity index is 1.44. The van der Waals surface area contributed by atoms with Crippen molar-refractivity contribution in [2.45, 2.75) is 43.2 Å². The average Bonchev–Trinajstić information content (AvgIpc) is 3.43. The fourth-order valence-corrected chi connectivity index (χ4v) is 4.57. The molecule has 1 aromatic carbocycles. The summed E-state index contributed by atoms with van der Waals surface area (Å²) in [5, 5.41) is 13.6. The van der Waals surface area contributed by atoms with E-state index in [0.717, 1.165) is 37.9 Å². The molecule has 3 aromatic rings. The molecule has 1 aliphatic heterocycles. The van der Waals surface area contributed by atoms with Gasteiger partial charge in [0.05, 0.1) is 0 Å². The predicted octanol–water partition coefficient (Wildman–Crippen LogP) is 3.06. The Kier molecular flexibility index (Phi) is 4.73. The maximum atomic E-state index is 12.1. The Morgan fingerprint density at radius 2 is 1.80 bits per heavy atom. The van der Waals surface area contributed by atoms with Gasteiger partial charge in [0.15, 0.2) is 20.5 Å². The molecular formula is C20H25N7O2S. The molecule has 2 aliphatic rings. The highest BCUT2D eigenvalue weighted by molar-refractivity contribution is 7.90. The second-order valence-electron chi connectivity index (χ2n) is 8.06. The van der Waals surface area contributed by atoms with Crippen molar-refractivity contribution in [1.82, 2.24) is 20.2 Å². The van der Waals surface area contributed by atoms with E-state index in [0.29, 0.717) is 28.8 Å². The smallest absolute Gasteiger partial charge is 0.231 e. The van der Waals surface area contributed by atoms with Gasteiger partial charge in [0.2, 0.25) is 5.95 Å². The minimum Gasteiger partial charge on any atom is -0.372 e. The van der Waals surface area contributed by atoms with E-state index in [1.165, 1.54) is 24.9 Å². The van der Waals surface area contributed by atoms with E-state index < -0.39 is 9.84 Å². The van der Waals surface area contributed by atoms with Crippen molar-refractivity contribution in [3.8, 4) is 0 Å². The third-order valence-electron chi connectivity index (χ3n) is 5.50. The Hall–Kier alpha value is -2.88. The Bertz CT molecular complexity index is 1160. The summed E-state index contributed by atoms with van der Waals surface area (Å²) in [5.41, 5.74) is 2.48. The molecule has 9 nitrogen and oxygen atoms in total. The van der Waals surface area contributed by atoms with Gasteiger partial charge in [-0.2, -0.15) is 15.1 Å². The molecule has 1 aliphatic carbocycles. The van der Waals surface area contributed by atoms with Crippen molar-refractivity contribution in [2.75, 3.05) is 34.9 Å². The van der Waals surface area contributed by atoms with Crippen molar-refractivity contribution >= 4 is 44.0 Å². The molecule has 1 saturated heterocycles. The maximum absolute atomic E-state index is 12.1. The van der Waals surface area contributed by atoms with Crippen molar-refractivity contribution < 1.29 is 8.42 Å². The molecule has 2 aromatic heterocycles. The van der Waals surface area contributed by atoms with Crippen molar-refractivity contribution in [3.63, 3.8) is 0 Å². The molecule has 0 radical (unpaired) electrons. The van der Waals surface area contributed by atoms with E-state index in [9.17, 15) is 8.42 Å². The average molecular weight is 428 g/mol. The Morgan fingerprint density at radius 3 is 2.47 bits per heavy atom. The van der Waals surface area contributed by atoms with Gasteiger partial charge in [0, 0.05) is 36.8 Å². The SMILES string of the molecule is CS(=O)(=O)c1n[nH]c2nc(Nc3ccc(N4CCCCC4)cc3)nc(NC3CC3)c12. The lowest BCUT2D eigenvalue weighted by Crippen LogP contribution is -2.29. The van der Waals surface area contributed by atoms with Gasteiger partial charge in [-0.05, 0) is 56.4 Å². The number of nitrogens with one attached hydrogen (secondary N) is 3. The first kappa shape index (κ1) is 19.1. The van der Waals surface area contributed by atoms with E-state index in [1.54, 1.807) is 0 Å². The second-order valence-corrected chi connectivity index (χ2v) is 9.99. The zero-order valence-corrected chi connectivity index (χ0v) is 17.7. The van der Waals surface area contributed by atoms with Crippen molar-refractivity contribution in [1.29, 1.82) is 0 Å². The highest BCUT2D eigenvalue weighted by atomic mass is 32.2. The summed E-state index contributed by atoms with van der Waals surface area (Å²) >= 11 is 0. The lowest BCUT2D eigenvalue weighted by atomic mass is 10.1. The summed E-state index contributed by atoms with van der Waals surface area (Å²) in [5.74, 6) is 0.879. The summed E-state index contributed by atoms with van der Waals surface area (Å²) in [6.07, 6.45) is 7.01. The molecule has 158 valence electrons. The van der Waals surface area contributed by atoms with Crippen LogP contribution >= 0.6 is 0 Å². The number of rotatable bonds is 6. The van der Waals surface area contributed by atoms with Crippen LogP contribution in [-0.2, 0) is 9.84 Å². The molecule has 10 heteroatoms. The second kappa shape index (κ2) is 7.42. The van der Waals surface area contributed by atoms with Gasteiger partial charge in [0.1, 0.15) is 11.2 Å². The van der Waals surface area contributed by atoms with Crippen LogP contribution in [0.2, 0.25) is 0 Å². The lowest BCUT2D eigenvalue weighted by molar-refractivity contribution is 0.578. The monoisotopic (exact) mass is 427 g/mol. The number of nitrogens with zero attached hydrogens (tertiary/aromatic N) is 4. The predicted molar refractivity (Wildman–Crippen MR) is 117 cm³/mol. The number of sulfone groups is 1. The van der Waals surface area contributed by atoms with Gasteiger partial charge in [-0.25, -0.2) is 8.42 Å². The normalized spacial score (nSPS) is 17.3. The van der Waals surface area contributed by atoms with Crippen LogP contribution in [0, 0.1) is 0 Å². The molecule has 1 saturated carbocycles. The summed E-state index contributed by atoms with van der Waals surface area (Å²) in [6.45, 7) is 2.20. The first-order chi connectivity index (χ1) is 14.5. The summed E-state index contributed by atoms with van der Waals surface area (Å²) < 4.78 is 24.2. The van der Waals surface area contributed by atoms with Crippen LogP contribution < -0.4 is 15.5 Å². The van der Waals surface area contributed by atoms with Crippen LogP contribution in [-0.4, -0.2) is 54.0 Å². The molecule has 0 bridgehead atoms. The third-order valence-corrected chi connectivity index (χ3v) is 6.50. The van der Waals surface area contributed by atoms with E-state index >= 15 is 0 Å². The fourth-order valence-electron chi connectivity index (χ4n) is 3.79. The Labute approximate surface area is 175 Å². The number of H-pyrrole nitrogens is 1. The molecule has 0 spiro atoms. The largest absolute Gasteiger partial charge is 0.372 e. The van der Waals surface area contributed by atoms with E-state index in [4.69, 9.17) is 0 Å². The number of anilines is 4. The van der Waals surface area contributed by atoms with Gasteiger partial charge < -0.3 is 15.5 Å². The highest BCUT2D eigenvalue weighted by Crippen LogP contribution is 2.32. The molecule has 0 amide bonds. The third kappa shape index (κ3) is 3.91. The standard InChI is InChI=1S/C20H25N7O2S/c1-30(28,29)19-16-17(21-13-5-6-13)23-20(24-18(16)25-26-19)22-14-7-9-15(10-8-14)27-11-3-2-4-12-27/h7-10,13H,2-6,11-12H2,1H3,(H3,21,22,23,24,25,26). The molecule has 0 unspecified atom stereocenters. The summed E-state index contributed by atoms with van der Waals surface area (Å²) in [6, 6.07) is 8.55. The number of benzene rings is 1. The first-order valence-electron chi connectivity index (χ1n) is 10.3. The minimum atomic E-state index is -3.50. The van der Waals surface area contributed by atoms with Gasteiger partial charge in [-0.15, -0.1) is 0 Å². The molecule has 3 heterocycles. The number of hydrogen-bond donors (Lipinski definition) is 3. The van der Waals surface area contributed by atoms with Gasteiger partial charge in [-0.3, -0.25) is 5.10 Å². The number of aromatic amines is 1. The topological polar surface area (TPSA) is 116 Å². The van der Waals surface area contributed by atoms with Crippen LogP contribution in [0.5, 0.6) is 0 Å². The first-order valence-corrected chi connectivity index (χ1v) is 12.2. The minimum absolute atomic E-state index is 0.0296. The van der Waals surface area contributed by atoms with Gasteiger partial charge in [-0.1, -0.05) is 0 Å². The van der Waals surface area contributed by atoms with Crippen LogP contribution in [0.4, 0.5) is 23.1 Å². The molecule has 0 atom stereocenters. The quantitative estimate of drug-likeness (QED) is 0.550. The number of fused-ring (bicyclic) bond motifs is 1.